The molecule has 0 saturated heterocycles. The molecular weight excluding hydrogens is 273 g/mol. The van der Waals surface area contributed by atoms with Crippen LogP contribution in [0.4, 0.5) is 4.39 Å². The topological polar surface area (TPSA) is 56.3 Å². The fourth-order valence-electron chi connectivity index (χ4n) is 1.51. The van der Waals surface area contributed by atoms with Crippen molar-refractivity contribution in [2.75, 3.05) is 7.11 Å². The first-order chi connectivity index (χ1) is 10.1. The lowest BCUT2D eigenvalue weighted by Crippen LogP contribution is -2.08. The Morgan fingerprint density at radius 2 is 1.76 bits per heavy atom. The van der Waals surface area contributed by atoms with E-state index in [-0.39, 0.29) is 17.2 Å². The summed E-state index contributed by atoms with van der Waals surface area (Å²) in [6.45, 7) is 0. The zero-order chi connectivity index (χ0) is 15.2. The largest absolute Gasteiger partial charge is 0.464 e. The van der Waals surface area contributed by atoms with Crippen molar-refractivity contribution < 1.29 is 18.7 Å². The number of aromatic nitrogens is 1. The molecule has 0 N–H and O–H groups in total. The maximum absolute atomic E-state index is 12.7. The van der Waals surface area contributed by atoms with Gasteiger partial charge in [0.25, 0.3) is 5.78 Å². The molecule has 4 nitrogen and oxygen atoms in total. The van der Waals surface area contributed by atoms with E-state index >= 15 is 0 Å². The molecule has 0 fully saturated rings. The van der Waals surface area contributed by atoms with Crippen LogP contribution in [0.15, 0.2) is 42.5 Å². The fraction of sp³-hybridized carbons (Fsp3) is 0.0625. The lowest BCUT2D eigenvalue weighted by molar-refractivity contribution is 0.0594. The van der Waals surface area contributed by atoms with Crippen LogP contribution in [0.3, 0.4) is 0 Å². The van der Waals surface area contributed by atoms with Crippen molar-refractivity contribution in [3.8, 4) is 11.8 Å². The molecular formula is C16H10FNO3. The Labute approximate surface area is 120 Å². The lowest BCUT2D eigenvalue weighted by Gasteiger charge is -1.99. The number of pyridine rings is 1. The molecule has 0 aliphatic heterocycles. The molecule has 0 spiro atoms. The van der Waals surface area contributed by atoms with Crippen molar-refractivity contribution >= 4 is 11.8 Å². The maximum atomic E-state index is 12.7. The summed E-state index contributed by atoms with van der Waals surface area (Å²) in [6, 6.07) is 9.85. The van der Waals surface area contributed by atoms with E-state index in [1.807, 2.05) is 0 Å². The van der Waals surface area contributed by atoms with Gasteiger partial charge < -0.3 is 4.74 Å². The van der Waals surface area contributed by atoms with Crippen molar-refractivity contribution in [1.82, 2.24) is 4.98 Å². The highest BCUT2D eigenvalue weighted by atomic mass is 19.1. The Kier molecular flexibility index (Phi) is 4.42. The van der Waals surface area contributed by atoms with E-state index < -0.39 is 11.8 Å². The predicted octanol–water partition coefficient (Wildman–Crippen LogP) is 2.24. The van der Waals surface area contributed by atoms with Crippen molar-refractivity contribution in [3.05, 3.63) is 65.2 Å². The molecule has 2 aromatic rings. The van der Waals surface area contributed by atoms with Crippen molar-refractivity contribution in [1.29, 1.82) is 0 Å². The van der Waals surface area contributed by atoms with Crippen LogP contribution in [0.1, 0.15) is 26.5 Å². The number of hydrogen-bond donors (Lipinski definition) is 0. The quantitative estimate of drug-likeness (QED) is 0.482. The van der Waals surface area contributed by atoms with Crippen LogP contribution in [0.5, 0.6) is 0 Å². The highest BCUT2D eigenvalue weighted by Crippen LogP contribution is 2.03. The molecule has 104 valence electrons. The lowest BCUT2D eigenvalue weighted by atomic mass is 10.2. The number of ketones is 1. The number of rotatable bonds is 2. The van der Waals surface area contributed by atoms with Gasteiger partial charge in [0.2, 0.25) is 0 Å². The van der Waals surface area contributed by atoms with E-state index in [4.69, 9.17) is 0 Å². The molecule has 1 heterocycles. The summed E-state index contributed by atoms with van der Waals surface area (Å²) < 4.78 is 17.3. The Morgan fingerprint density at radius 3 is 2.43 bits per heavy atom. The third kappa shape index (κ3) is 3.74. The SMILES string of the molecule is COC(=O)c1cccc(C(=O)C#Cc2ccc(F)cc2)n1. The second kappa shape index (κ2) is 6.44. The molecule has 0 bridgehead atoms. The van der Waals surface area contributed by atoms with E-state index in [9.17, 15) is 14.0 Å². The van der Waals surface area contributed by atoms with Gasteiger partial charge in [-0.25, -0.2) is 14.2 Å². The van der Waals surface area contributed by atoms with Crippen LogP contribution in [-0.2, 0) is 4.74 Å². The van der Waals surface area contributed by atoms with Gasteiger partial charge in [0.05, 0.1) is 7.11 Å². The minimum atomic E-state index is -0.629. The number of hydrogen-bond acceptors (Lipinski definition) is 4. The summed E-state index contributed by atoms with van der Waals surface area (Å²) in [7, 11) is 1.23. The Balaban J connectivity index is 2.21. The summed E-state index contributed by atoms with van der Waals surface area (Å²) in [6.07, 6.45) is 0. The van der Waals surface area contributed by atoms with Crippen LogP contribution in [-0.4, -0.2) is 23.8 Å². The van der Waals surface area contributed by atoms with Gasteiger partial charge in [0, 0.05) is 5.56 Å². The van der Waals surface area contributed by atoms with Crippen LogP contribution < -0.4 is 0 Å². The Bertz CT molecular complexity index is 742. The average molecular weight is 283 g/mol. The third-order valence-electron chi connectivity index (χ3n) is 2.54. The van der Waals surface area contributed by atoms with Crippen molar-refractivity contribution in [2.24, 2.45) is 0 Å². The van der Waals surface area contributed by atoms with Gasteiger partial charge in [0.15, 0.2) is 0 Å². The Morgan fingerprint density at radius 1 is 1.10 bits per heavy atom. The van der Waals surface area contributed by atoms with Gasteiger partial charge >= 0.3 is 5.97 Å². The van der Waals surface area contributed by atoms with E-state index in [0.717, 1.165) is 0 Å². The standard InChI is InChI=1S/C16H10FNO3/c1-21-16(20)14-4-2-3-13(18-14)15(19)10-7-11-5-8-12(17)9-6-11/h2-6,8-9H,1H3. The number of halogens is 1. The number of nitrogens with zero attached hydrogens (tertiary/aromatic N) is 1. The van der Waals surface area contributed by atoms with E-state index in [0.29, 0.717) is 5.56 Å². The summed E-state index contributed by atoms with van der Waals surface area (Å²) in [5, 5.41) is 0. The van der Waals surface area contributed by atoms with Crippen LogP contribution >= 0.6 is 0 Å². The molecule has 21 heavy (non-hydrogen) atoms. The number of benzene rings is 1. The zero-order valence-electron chi connectivity index (χ0n) is 11.1. The highest BCUT2D eigenvalue weighted by molar-refractivity contribution is 6.08. The molecule has 0 atom stereocenters. The van der Waals surface area contributed by atoms with Crippen LogP contribution in [0.25, 0.3) is 0 Å². The second-order valence-corrected chi connectivity index (χ2v) is 3.99. The van der Waals surface area contributed by atoms with Crippen molar-refractivity contribution in [3.63, 3.8) is 0 Å². The first-order valence-corrected chi connectivity index (χ1v) is 5.97. The monoisotopic (exact) mass is 283 g/mol. The minimum Gasteiger partial charge on any atom is -0.464 e. The number of esters is 1. The number of methoxy groups -OCH3 is 1. The van der Waals surface area contributed by atoms with Gasteiger partial charge in [0.1, 0.15) is 17.2 Å². The number of carbonyl (C=O) groups excluding carboxylic acids is 2. The molecule has 0 unspecified atom stereocenters. The molecule has 0 saturated carbocycles. The van der Waals surface area contributed by atoms with Gasteiger partial charge in [-0.05, 0) is 42.3 Å². The average Bonchev–Trinajstić information content (AvgIpc) is 2.53. The predicted molar refractivity (Wildman–Crippen MR) is 73.2 cm³/mol. The third-order valence-corrected chi connectivity index (χ3v) is 2.54. The summed E-state index contributed by atoms with van der Waals surface area (Å²) in [5.41, 5.74) is 0.591. The minimum absolute atomic E-state index is 0.0342. The molecule has 0 aliphatic rings. The van der Waals surface area contributed by atoms with Gasteiger partial charge in [-0.1, -0.05) is 12.0 Å². The molecule has 5 heteroatoms. The maximum Gasteiger partial charge on any atom is 0.356 e. The zero-order valence-corrected chi connectivity index (χ0v) is 11.1. The van der Waals surface area contributed by atoms with E-state index in [1.54, 1.807) is 0 Å². The number of ether oxygens (including phenoxy) is 1. The van der Waals surface area contributed by atoms with E-state index in [1.165, 1.54) is 49.6 Å². The first kappa shape index (κ1) is 14.4. The molecule has 2 rings (SSSR count). The van der Waals surface area contributed by atoms with E-state index in [2.05, 4.69) is 21.6 Å². The van der Waals surface area contributed by atoms with Crippen LogP contribution in [0, 0.1) is 17.7 Å². The first-order valence-electron chi connectivity index (χ1n) is 5.97. The van der Waals surface area contributed by atoms with Gasteiger partial charge in [-0.2, -0.15) is 0 Å². The molecule has 0 radical (unpaired) electrons. The Hall–Kier alpha value is -3.00. The van der Waals surface area contributed by atoms with Crippen molar-refractivity contribution in [2.45, 2.75) is 0 Å². The number of Topliss-reactive ketones (excluding diaryl/α,β-unsaturated/α-hetero) is 1. The van der Waals surface area contributed by atoms with Gasteiger partial charge in [-0.3, -0.25) is 4.79 Å². The molecule has 0 aliphatic carbocycles. The summed E-state index contributed by atoms with van der Waals surface area (Å²) in [4.78, 5) is 27.1. The van der Waals surface area contributed by atoms with Gasteiger partial charge in [-0.15, -0.1) is 0 Å². The fourth-order valence-corrected chi connectivity index (χ4v) is 1.51. The number of carbonyl (C=O) groups is 2. The summed E-state index contributed by atoms with van der Waals surface area (Å²) in [5.74, 6) is 3.46. The molecule has 1 aromatic carbocycles. The highest BCUT2D eigenvalue weighted by Gasteiger charge is 2.10. The smallest absolute Gasteiger partial charge is 0.356 e. The second-order valence-electron chi connectivity index (χ2n) is 3.99. The summed E-state index contributed by atoms with van der Waals surface area (Å²) >= 11 is 0. The molecule has 0 amide bonds. The normalized spacial score (nSPS) is 9.43. The molecule has 1 aromatic heterocycles. The van der Waals surface area contributed by atoms with Crippen LogP contribution in [0.2, 0.25) is 0 Å².